The highest BCUT2D eigenvalue weighted by atomic mass is 16.2. The molecule has 0 unspecified atom stereocenters. The largest absolute Gasteiger partial charge is 0.349 e. The molecule has 8 heteroatoms. The fourth-order valence-electron chi connectivity index (χ4n) is 4.23. The van der Waals surface area contributed by atoms with Crippen LogP contribution in [0.4, 0.5) is 0 Å². The third kappa shape index (κ3) is 4.16. The van der Waals surface area contributed by atoms with Crippen LogP contribution >= 0.6 is 0 Å². The molecule has 2 aliphatic rings. The van der Waals surface area contributed by atoms with Crippen molar-refractivity contribution in [3.8, 4) is 16.9 Å². The minimum absolute atomic E-state index is 0.0644. The number of amides is 2. The highest BCUT2D eigenvalue weighted by Crippen LogP contribution is 2.30. The van der Waals surface area contributed by atoms with E-state index in [0.29, 0.717) is 40.1 Å². The molecule has 0 aliphatic heterocycles. The van der Waals surface area contributed by atoms with E-state index in [1.807, 2.05) is 54.8 Å². The van der Waals surface area contributed by atoms with Crippen molar-refractivity contribution in [2.24, 2.45) is 0 Å². The van der Waals surface area contributed by atoms with Gasteiger partial charge in [0, 0.05) is 28.8 Å². The van der Waals surface area contributed by atoms with Gasteiger partial charge < -0.3 is 10.6 Å². The molecular formula is C27H26N6O2. The molecule has 0 radical (unpaired) electrons. The molecule has 2 saturated carbocycles. The van der Waals surface area contributed by atoms with E-state index < -0.39 is 0 Å². The molecule has 2 amide bonds. The number of nitrogens with one attached hydrogen (secondary N) is 2. The van der Waals surface area contributed by atoms with Gasteiger partial charge in [0.05, 0.1) is 5.69 Å². The maximum Gasteiger partial charge on any atom is 0.251 e. The quantitative estimate of drug-likeness (QED) is 0.449. The molecule has 2 fully saturated rings. The van der Waals surface area contributed by atoms with Crippen LogP contribution in [0.1, 0.15) is 57.5 Å². The van der Waals surface area contributed by atoms with Gasteiger partial charge >= 0.3 is 0 Å². The Labute approximate surface area is 202 Å². The smallest absolute Gasteiger partial charge is 0.251 e. The van der Waals surface area contributed by atoms with Crippen molar-refractivity contribution >= 4 is 23.0 Å². The van der Waals surface area contributed by atoms with Gasteiger partial charge in [-0.2, -0.15) is 0 Å². The Morgan fingerprint density at radius 2 is 1.46 bits per heavy atom. The highest BCUT2D eigenvalue weighted by molar-refractivity contribution is 5.98. The molecule has 4 aromatic rings. The Balaban J connectivity index is 1.40. The van der Waals surface area contributed by atoms with Gasteiger partial charge in [0.25, 0.3) is 11.8 Å². The molecule has 0 atom stereocenters. The predicted octanol–water partition coefficient (Wildman–Crippen LogP) is 3.88. The van der Waals surface area contributed by atoms with Crippen LogP contribution in [0.5, 0.6) is 0 Å². The van der Waals surface area contributed by atoms with Gasteiger partial charge in [-0.1, -0.05) is 12.1 Å². The monoisotopic (exact) mass is 466 g/mol. The molecule has 35 heavy (non-hydrogen) atoms. The van der Waals surface area contributed by atoms with Gasteiger partial charge in [0.1, 0.15) is 23.9 Å². The first-order valence-corrected chi connectivity index (χ1v) is 12.0. The number of carbonyl (C=O) groups is 2. The van der Waals surface area contributed by atoms with Crippen molar-refractivity contribution in [1.82, 2.24) is 30.2 Å². The van der Waals surface area contributed by atoms with Gasteiger partial charge in [-0.25, -0.2) is 15.0 Å². The first-order chi connectivity index (χ1) is 17.0. The number of hydrogen-bond acceptors (Lipinski definition) is 5. The lowest BCUT2D eigenvalue weighted by Crippen LogP contribution is -2.25. The van der Waals surface area contributed by atoms with Crippen LogP contribution in [0, 0.1) is 13.8 Å². The minimum atomic E-state index is -0.0681. The van der Waals surface area contributed by atoms with Crippen LogP contribution < -0.4 is 10.6 Å². The average Bonchev–Trinajstić information content (AvgIpc) is 3.79. The van der Waals surface area contributed by atoms with E-state index in [9.17, 15) is 9.59 Å². The van der Waals surface area contributed by atoms with Crippen LogP contribution in [0.3, 0.4) is 0 Å². The minimum Gasteiger partial charge on any atom is -0.349 e. The Morgan fingerprint density at radius 3 is 2.11 bits per heavy atom. The van der Waals surface area contributed by atoms with Crippen molar-refractivity contribution in [2.45, 2.75) is 51.6 Å². The molecular weight excluding hydrogens is 440 g/mol. The van der Waals surface area contributed by atoms with Crippen LogP contribution in [0.25, 0.3) is 28.1 Å². The zero-order valence-corrected chi connectivity index (χ0v) is 19.7. The normalized spacial score (nSPS) is 15.3. The summed E-state index contributed by atoms with van der Waals surface area (Å²) in [5.74, 6) is -0.133. The lowest BCUT2D eigenvalue weighted by Gasteiger charge is -2.12. The number of nitrogens with zero attached hydrogens (tertiary/aromatic N) is 4. The fourth-order valence-corrected chi connectivity index (χ4v) is 4.23. The van der Waals surface area contributed by atoms with Gasteiger partial charge in [0.15, 0.2) is 5.65 Å². The van der Waals surface area contributed by atoms with E-state index >= 15 is 0 Å². The molecule has 6 rings (SSSR count). The van der Waals surface area contributed by atoms with Gasteiger partial charge in [-0.3, -0.25) is 14.2 Å². The van der Waals surface area contributed by atoms with Crippen LogP contribution in [0.15, 0.2) is 49.1 Å². The van der Waals surface area contributed by atoms with E-state index in [0.717, 1.165) is 48.1 Å². The van der Waals surface area contributed by atoms with E-state index in [-0.39, 0.29) is 11.8 Å². The summed E-state index contributed by atoms with van der Waals surface area (Å²) in [4.78, 5) is 39.0. The molecule has 2 N–H and O–H groups in total. The Hall–Kier alpha value is -4.07. The first kappa shape index (κ1) is 21.5. The van der Waals surface area contributed by atoms with Crippen LogP contribution in [-0.2, 0) is 0 Å². The molecule has 0 spiro atoms. The highest BCUT2D eigenvalue weighted by Gasteiger charge is 2.25. The second-order valence-corrected chi connectivity index (χ2v) is 9.54. The van der Waals surface area contributed by atoms with Crippen molar-refractivity contribution in [2.75, 3.05) is 0 Å². The Bertz CT molecular complexity index is 1480. The second-order valence-electron chi connectivity index (χ2n) is 9.54. The van der Waals surface area contributed by atoms with E-state index in [2.05, 4.69) is 25.6 Å². The first-order valence-electron chi connectivity index (χ1n) is 12.0. The van der Waals surface area contributed by atoms with E-state index in [1.54, 1.807) is 6.33 Å². The fraction of sp³-hybridized carbons (Fsp3) is 0.296. The molecule has 2 aliphatic carbocycles. The summed E-state index contributed by atoms with van der Waals surface area (Å²) in [6.07, 6.45) is 7.39. The van der Waals surface area contributed by atoms with Crippen molar-refractivity contribution < 1.29 is 9.59 Å². The number of aromatic nitrogens is 4. The van der Waals surface area contributed by atoms with Crippen molar-refractivity contribution in [3.05, 3.63) is 71.3 Å². The summed E-state index contributed by atoms with van der Waals surface area (Å²) in [6.45, 7) is 3.99. The molecule has 0 bridgehead atoms. The number of fused-ring (bicyclic) bond motifs is 1. The molecule has 2 aromatic carbocycles. The third-order valence-corrected chi connectivity index (χ3v) is 6.64. The SMILES string of the molecule is Cc1ccc(C(=O)NC2CC2)cc1-c1ncnc2c1ncn2-c1cc(C(=O)NC2CC2)ccc1C. The summed E-state index contributed by atoms with van der Waals surface area (Å²) < 4.78 is 1.89. The topological polar surface area (TPSA) is 102 Å². The van der Waals surface area contributed by atoms with Crippen LogP contribution in [0.2, 0.25) is 0 Å². The number of benzene rings is 2. The third-order valence-electron chi connectivity index (χ3n) is 6.64. The maximum absolute atomic E-state index is 12.6. The number of rotatable bonds is 6. The molecule has 176 valence electrons. The molecule has 0 saturated heterocycles. The Morgan fingerprint density at radius 1 is 0.829 bits per heavy atom. The lowest BCUT2D eigenvalue weighted by atomic mass is 10.0. The molecule has 2 aromatic heterocycles. The lowest BCUT2D eigenvalue weighted by molar-refractivity contribution is 0.0942. The average molecular weight is 467 g/mol. The van der Waals surface area contributed by atoms with Crippen molar-refractivity contribution in [1.29, 1.82) is 0 Å². The maximum atomic E-state index is 12.6. The predicted molar refractivity (Wildman–Crippen MR) is 133 cm³/mol. The zero-order valence-electron chi connectivity index (χ0n) is 19.7. The van der Waals surface area contributed by atoms with Crippen LogP contribution in [-0.4, -0.2) is 43.4 Å². The van der Waals surface area contributed by atoms with Gasteiger partial charge in [0.2, 0.25) is 0 Å². The number of carbonyl (C=O) groups excluding carboxylic acids is 2. The number of hydrogen-bond donors (Lipinski definition) is 2. The number of imidazole rings is 1. The number of aryl methyl sites for hydroxylation is 2. The zero-order chi connectivity index (χ0) is 24.1. The molecule has 2 heterocycles. The van der Waals surface area contributed by atoms with E-state index in [4.69, 9.17) is 0 Å². The Kier molecular flexibility index (Phi) is 5.09. The summed E-state index contributed by atoms with van der Waals surface area (Å²) in [5, 5.41) is 6.09. The summed E-state index contributed by atoms with van der Waals surface area (Å²) in [6, 6.07) is 11.9. The summed E-state index contributed by atoms with van der Waals surface area (Å²) >= 11 is 0. The van der Waals surface area contributed by atoms with Gasteiger partial charge in [-0.15, -0.1) is 0 Å². The second kappa shape index (κ2) is 8.30. The van der Waals surface area contributed by atoms with Crippen molar-refractivity contribution in [3.63, 3.8) is 0 Å². The summed E-state index contributed by atoms with van der Waals surface area (Å²) in [7, 11) is 0. The standard InChI is InChI=1S/C27H26N6O2/c1-15-3-5-17(26(34)31-19-7-8-19)11-21(15)23-24-25(29-13-28-23)33(14-30-24)22-12-18(6-4-16(22)2)27(35)32-20-9-10-20/h3-6,11-14,19-20H,7-10H2,1-2H3,(H,31,34)(H,32,35). The summed E-state index contributed by atoms with van der Waals surface area (Å²) in [5.41, 5.74) is 6.86. The van der Waals surface area contributed by atoms with E-state index in [1.165, 1.54) is 6.33 Å². The molecule has 8 nitrogen and oxygen atoms in total. The van der Waals surface area contributed by atoms with Gasteiger partial charge in [-0.05, 0) is 74.9 Å².